The Labute approximate surface area is 130 Å². The van der Waals surface area contributed by atoms with Gasteiger partial charge < -0.3 is 5.32 Å². The van der Waals surface area contributed by atoms with Crippen LogP contribution >= 0.6 is 11.6 Å². The molecule has 0 atom stereocenters. The fourth-order valence-electron chi connectivity index (χ4n) is 2.03. The fraction of sp³-hybridized carbons (Fsp3) is 0.167. The van der Waals surface area contributed by atoms with E-state index in [1.165, 1.54) is 6.92 Å². The van der Waals surface area contributed by atoms with Crippen molar-refractivity contribution in [1.29, 1.82) is 0 Å². The molecule has 0 unspecified atom stereocenters. The van der Waals surface area contributed by atoms with Crippen molar-refractivity contribution in [2.45, 2.75) is 13.8 Å². The molecular formula is C18H18ClNO. The van der Waals surface area contributed by atoms with Crippen molar-refractivity contribution in [3.05, 3.63) is 65.2 Å². The lowest BCUT2D eigenvalue weighted by Gasteiger charge is -2.06. The van der Waals surface area contributed by atoms with Gasteiger partial charge in [0.1, 0.15) is 0 Å². The van der Waals surface area contributed by atoms with Crippen LogP contribution in [0, 0.1) is 0 Å². The normalized spacial score (nSPS) is 11.3. The van der Waals surface area contributed by atoms with E-state index in [0.717, 1.165) is 27.3 Å². The number of amides is 1. The van der Waals surface area contributed by atoms with E-state index >= 15 is 0 Å². The SMILES string of the molecule is CC(=O)NCC=C(C)c1ccc(-c2ccc(Cl)cc2)cc1. The minimum atomic E-state index is -0.0165. The summed E-state index contributed by atoms with van der Waals surface area (Å²) in [7, 11) is 0. The molecule has 2 aromatic carbocycles. The van der Waals surface area contributed by atoms with Crippen LogP contribution in [0.2, 0.25) is 5.02 Å². The number of carbonyl (C=O) groups is 1. The molecule has 0 aromatic heterocycles. The van der Waals surface area contributed by atoms with Crippen molar-refractivity contribution in [2.24, 2.45) is 0 Å². The van der Waals surface area contributed by atoms with E-state index in [2.05, 4.69) is 29.6 Å². The highest BCUT2D eigenvalue weighted by Crippen LogP contribution is 2.23. The fourth-order valence-corrected chi connectivity index (χ4v) is 2.16. The van der Waals surface area contributed by atoms with Gasteiger partial charge in [0.05, 0.1) is 0 Å². The molecule has 2 rings (SSSR count). The van der Waals surface area contributed by atoms with Gasteiger partial charge in [0.2, 0.25) is 5.91 Å². The van der Waals surface area contributed by atoms with Crippen LogP contribution in [0.1, 0.15) is 19.4 Å². The number of rotatable bonds is 4. The molecule has 21 heavy (non-hydrogen) atoms. The first-order valence-electron chi connectivity index (χ1n) is 6.84. The highest BCUT2D eigenvalue weighted by Gasteiger charge is 2.00. The molecule has 0 aliphatic rings. The summed E-state index contributed by atoms with van der Waals surface area (Å²) in [4.78, 5) is 10.8. The van der Waals surface area contributed by atoms with Gasteiger partial charge in [0.25, 0.3) is 0 Å². The molecule has 1 N–H and O–H groups in total. The topological polar surface area (TPSA) is 29.1 Å². The number of benzene rings is 2. The predicted octanol–water partition coefficient (Wildman–Crippen LogP) is 4.55. The molecule has 2 nitrogen and oxygen atoms in total. The summed E-state index contributed by atoms with van der Waals surface area (Å²) in [5.41, 5.74) is 4.60. The van der Waals surface area contributed by atoms with Crippen LogP contribution in [0.5, 0.6) is 0 Å². The van der Waals surface area contributed by atoms with Gasteiger partial charge in [0.15, 0.2) is 0 Å². The minimum absolute atomic E-state index is 0.0165. The first-order chi connectivity index (χ1) is 10.1. The molecule has 108 valence electrons. The Bertz CT molecular complexity index is 642. The van der Waals surface area contributed by atoms with Gasteiger partial charge >= 0.3 is 0 Å². The van der Waals surface area contributed by atoms with Gasteiger partial charge in [-0.25, -0.2) is 0 Å². The molecule has 0 saturated heterocycles. The van der Waals surface area contributed by atoms with Crippen LogP contribution in [0.15, 0.2) is 54.6 Å². The molecule has 0 aliphatic carbocycles. The Morgan fingerprint density at radius 3 is 2.05 bits per heavy atom. The second kappa shape index (κ2) is 7.09. The van der Waals surface area contributed by atoms with Gasteiger partial charge in [-0.05, 0) is 41.3 Å². The highest BCUT2D eigenvalue weighted by molar-refractivity contribution is 6.30. The summed E-state index contributed by atoms with van der Waals surface area (Å²) in [5.74, 6) is -0.0165. The van der Waals surface area contributed by atoms with Gasteiger partial charge in [-0.2, -0.15) is 0 Å². The quantitative estimate of drug-likeness (QED) is 0.882. The summed E-state index contributed by atoms with van der Waals surface area (Å²) in [5, 5.41) is 3.50. The zero-order chi connectivity index (χ0) is 15.2. The van der Waals surface area contributed by atoms with Crippen molar-refractivity contribution in [3.8, 4) is 11.1 Å². The summed E-state index contributed by atoms with van der Waals surface area (Å²) < 4.78 is 0. The Hall–Kier alpha value is -2.06. The Kier molecular flexibility index (Phi) is 5.18. The maximum atomic E-state index is 10.8. The van der Waals surface area contributed by atoms with Crippen molar-refractivity contribution < 1.29 is 4.79 Å². The van der Waals surface area contributed by atoms with Crippen LogP contribution < -0.4 is 5.32 Å². The lowest BCUT2D eigenvalue weighted by atomic mass is 10.0. The van der Waals surface area contributed by atoms with E-state index in [0.29, 0.717) is 6.54 Å². The van der Waals surface area contributed by atoms with Crippen LogP contribution in [0.4, 0.5) is 0 Å². The van der Waals surface area contributed by atoms with E-state index in [9.17, 15) is 4.79 Å². The second-order valence-electron chi connectivity index (χ2n) is 4.91. The smallest absolute Gasteiger partial charge is 0.217 e. The Balaban J connectivity index is 2.11. The molecule has 0 spiro atoms. The van der Waals surface area contributed by atoms with E-state index in [-0.39, 0.29) is 5.91 Å². The number of allylic oxidation sites excluding steroid dienone is 1. The van der Waals surface area contributed by atoms with Crippen LogP contribution in [0.25, 0.3) is 16.7 Å². The lowest BCUT2D eigenvalue weighted by molar-refractivity contribution is -0.118. The first-order valence-corrected chi connectivity index (χ1v) is 7.21. The molecule has 0 fully saturated rings. The maximum absolute atomic E-state index is 10.8. The largest absolute Gasteiger partial charge is 0.353 e. The summed E-state index contributed by atoms with van der Waals surface area (Å²) in [6.45, 7) is 4.11. The second-order valence-corrected chi connectivity index (χ2v) is 5.34. The van der Waals surface area contributed by atoms with Gasteiger partial charge in [-0.15, -0.1) is 0 Å². The Morgan fingerprint density at radius 2 is 1.52 bits per heavy atom. The van der Waals surface area contributed by atoms with Gasteiger partial charge in [-0.1, -0.05) is 54.1 Å². The minimum Gasteiger partial charge on any atom is -0.353 e. The van der Waals surface area contributed by atoms with Crippen molar-refractivity contribution >= 4 is 23.1 Å². The summed E-state index contributed by atoms with van der Waals surface area (Å²) in [6.07, 6.45) is 2.01. The summed E-state index contributed by atoms with van der Waals surface area (Å²) >= 11 is 5.90. The number of nitrogens with one attached hydrogen (secondary N) is 1. The molecule has 0 heterocycles. The monoisotopic (exact) mass is 299 g/mol. The van der Waals surface area contributed by atoms with Crippen molar-refractivity contribution in [1.82, 2.24) is 5.32 Å². The third-order valence-electron chi connectivity index (χ3n) is 3.28. The predicted molar refractivity (Wildman–Crippen MR) is 89.2 cm³/mol. The Morgan fingerprint density at radius 1 is 1.00 bits per heavy atom. The van der Waals surface area contributed by atoms with Crippen LogP contribution in [-0.4, -0.2) is 12.5 Å². The van der Waals surface area contributed by atoms with Crippen molar-refractivity contribution in [3.63, 3.8) is 0 Å². The van der Waals surface area contributed by atoms with Gasteiger partial charge in [0, 0.05) is 18.5 Å². The number of halogens is 1. The number of carbonyl (C=O) groups excluding carboxylic acids is 1. The molecule has 1 amide bonds. The van der Waals surface area contributed by atoms with E-state index in [1.54, 1.807) is 0 Å². The standard InChI is InChI=1S/C18H18ClNO/c1-13(11-12-20-14(2)21)15-3-5-16(6-4-15)17-7-9-18(19)10-8-17/h3-11H,12H2,1-2H3,(H,20,21). The molecule has 0 bridgehead atoms. The maximum Gasteiger partial charge on any atom is 0.217 e. The number of hydrogen-bond donors (Lipinski definition) is 1. The zero-order valence-corrected chi connectivity index (χ0v) is 12.9. The molecule has 0 radical (unpaired) electrons. The molecule has 3 heteroatoms. The van der Waals surface area contributed by atoms with E-state index < -0.39 is 0 Å². The van der Waals surface area contributed by atoms with Crippen LogP contribution in [0.3, 0.4) is 0 Å². The number of hydrogen-bond acceptors (Lipinski definition) is 1. The molecule has 0 saturated carbocycles. The highest BCUT2D eigenvalue weighted by atomic mass is 35.5. The third-order valence-corrected chi connectivity index (χ3v) is 3.53. The van der Waals surface area contributed by atoms with Gasteiger partial charge in [-0.3, -0.25) is 4.79 Å². The lowest BCUT2D eigenvalue weighted by Crippen LogP contribution is -2.19. The first kappa shape index (κ1) is 15.3. The zero-order valence-electron chi connectivity index (χ0n) is 12.2. The van der Waals surface area contributed by atoms with Crippen molar-refractivity contribution in [2.75, 3.05) is 6.54 Å². The van der Waals surface area contributed by atoms with E-state index in [4.69, 9.17) is 11.6 Å². The molecule has 2 aromatic rings. The summed E-state index contributed by atoms with van der Waals surface area (Å²) in [6, 6.07) is 16.2. The third kappa shape index (κ3) is 4.47. The van der Waals surface area contributed by atoms with E-state index in [1.807, 2.05) is 37.3 Å². The average molecular weight is 300 g/mol. The molecule has 0 aliphatic heterocycles. The average Bonchev–Trinajstić information content (AvgIpc) is 2.48. The molecular weight excluding hydrogens is 282 g/mol. The van der Waals surface area contributed by atoms with Crippen LogP contribution in [-0.2, 0) is 4.79 Å².